The Morgan fingerprint density at radius 2 is 2.33 bits per heavy atom. The largest absolute Gasteiger partial charge is 0.468 e. The molecule has 4 heteroatoms. The maximum absolute atomic E-state index is 11.2. The van der Waals surface area contributed by atoms with E-state index in [1.165, 1.54) is 12.7 Å². The van der Waals surface area contributed by atoms with Crippen LogP contribution in [0.3, 0.4) is 0 Å². The first-order valence-electron chi connectivity index (χ1n) is 4.98. The third-order valence-corrected chi connectivity index (χ3v) is 2.94. The normalized spacial score (nSPS) is 14.6. The van der Waals surface area contributed by atoms with E-state index in [1.807, 2.05) is 6.92 Å². The first-order valence-corrected chi connectivity index (χ1v) is 5.92. The van der Waals surface area contributed by atoms with Crippen LogP contribution < -0.4 is 5.32 Å². The molecule has 1 aromatic heterocycles. The molecule has 0 radical (unpaired) electrons. The van der Waals surface area contributed by atoms with Crippen molar-refractivity contribution >= 4 is 17.3 Å². The summed E-state index contributed by atoms with van der Waals surface area (Å²) in [6.07, 6.45) is 0.935. The van der Waals surface area contributed by atoms with Gasteiger partial charge in [0.05, 0.1) is 7.11 Å². The van der Waals surface area contributed by atoms with Gasteiger partial charge in [-0.15, -0.1) is 0 Å². The fourth-order valence-electron chi connectivity index (χ4n) is 1.49. The number of ether oxygens (including phenoxy) is 1. The Labute approximate surface area is 94.5 Å². The van der Waals surface area contributed by atoms with Crippen LogP contribution in [0.4, 0.5) is 0 Å². The summed E-state index contributed by atoms with van der Waals surface area (Å²) in [5.41, 5.74) is 1.30. The van der Waals surface area contributed by atoms with Crippen LogP contribution in [-0.2, 0) is 16.0 Å². The SMILES string of the molecule is COC(=O)C(C)NC(C)Cc1ccsc1. The van der Waals surface area contributed by atoms with E-state index >= 15 is 0 Å². The summed E-state index contributed by atoms with van der Waals surface area (Å²) >= 11 is 1.69. The van der Waals surface area contributed by atoms with Crippen LogP contribution in [0.25, 0.3) is 0 Å². The molecule has 0 amide bonds. The molecular formula is C11H17NO2S. The summed E-state index contributed by atoms with van der Waals surface area (Å²) in [5, 5.41) is 7.39. The molecule has 0 aromatic carbocycles. The Balaban J connectivity index is 2.35. The van der Waals surface area contributed by atoms with Gasteiger partial charge in [0.25, 0.3) is 0 Å². The maximum Gasteiger partial charge on any atom is 0.322 e. The van der Waals surface area contributed by atoms with E-state index in [4.69, 9.17) is 0 Å². The van der Waals surface area contributed by atoms with E-state index in [2.05, 4.69) is 33.8 Å². The fraction of sp³-hybridized carbons (Fsp3) is 0.545. The minimum absolute atomic E-state index is 0.216. The Kier molecular flexibility index (Phi) is 4.78. The zero-order chi connectivity index (χ0) is 11.3. The van der Waals surface area contributed by atoms with Crippen LogP contribution in [0.1, 0.15) is 19.4 Å². The number of hydrogen-bond donors (Lipinski definition) is 1. The van der Waals surface area contributed by atoms with E-state index in [1.54, 1.807) is 11.3 Å². The van der Waals surface area contributed by atoms with Crippen LogP contribution in [0.2, 0.25) is 0 Å². The molecule has 0 aliphatic carbocycles. The highest BCUT2D eigenvalue weighted by Gasteiger charge is 2.15. The van der Waals surface area contributed by atoms with Gasteiger partial charge in [-0.2, -0.15) is 11.3 Å². The smallest absolute Gasteiger partial charge is 0.322 e. The highest BCUT2D eigenvalue weighted by atomic mass is 32.1. The first-order chi connectivity index (χ1) is 7.13. The second-order valence-electron chi connectivity index (χ2n) is 3.65. The van der Waals surface area contributed by atoms with Crippen molar-refractivity contribution in [2.24, 2.45) is 0 Å². The molecule has 1 aromatic rings. The van der Waals surface area contributed by atoms with Crippen molar-refractivity contribution in [1.82, 2.24) is 5.32 Å². The van der Waals surface area contributed by atoms with Crippen molar-refractivity contribution in [2.45, 2.75) is 32.4 Å². The predicted molar refractivity (Wildman–Crippen MR) is 62.1 cm³/mol. The average molecular weight is 227 g/mol. The molecule has 1 N–H and O–H groups in total. The van der Waals surface area contributed by atoms with E-state index in [0.29, 0.717) is 0 Å². The van der Waals surface area contributed by atoms with Gasteiger partial charge in [-0.25, -0.2) is 0 Å². The molecule has 0 aliphatic heterocycles. The molecule has 1 rings (SSSR count). The lowest BCUT2D eigenvalue weighted by molar-refractivity contribution is -0.142. The standard InChI is InChI=1S/C11H17NO2S/c1-8(6-10-4-5-15-7-10)12-9(2)11(13)14-3/h4-5,7-9,12H,6H2,1-3H3. The van der Waals surface area contributed by atoms with Gasteiger partial charge in [0.2, 0.25) is 0 Å². The number of nitrogens with one attached hydrogen (secondary N) is 1. The molecule has 0 fully saturated rings. The van der Waals surface area contributed by atoms with Crippen molar-refractivity contribution in [3.8, 4) is 0 Å². The Bertz CT molecular complexity index is 298. The van der Waals surface area contributed by atoms with Gasteiger partial charge < -0.3 is 10.1 Å². The van der Waals surface area contributed by atoms with E-state index < -0.39 is 0 Å². The van der Waals surface area contributed by atoms with Crippen molar-refractivity contribution in [3.05, 3.63) is 22.4 Å². The molecule has 84 valence electrons. The molecule has 0 saturated carbocycles. The first kappa shape index (κ1) is 12.2. The fourth-order valence-corrected chi connectivity index (χ4v) is 2.17. The van der Waals surface area contributed by atoms with E-state index in [-0.39, 0.29) is 18.1 Å². The number of carbonyl (C=O) groups is 1. The summed E-state index contributed by atoms with van der Waals surface area (Å²) in [5.74, 6) is -0.216. The van der Waals surface area contributed by atoms with Crippen molar-refractivity contribution in [2.75, 3.05) is 7.11 Å². The minimum Gasteiger partial charge on any atom is -0.468 e. The zero-order valence-electron chi connectivity index (χ0n) is 9.32. The molecular weight excluding hydrogens is 210 g/mol. The summed E-state index contributed by atoms with van der Waals surface area (Å²) in [7, 11) is 1.41. The van der Waals surface area contributed by atoms with Crippen LogP contribution in [0, 0.1) is 0 Å². The highest BCUT2D eigenvalue weighted by Crippen LogP contribution is 2.08. The van der Waals surface area contributed by atoms with Crippen molar-refractivity contribution in [3.63, 3.8) is 0 Å². The van der Waals surface area contributed by atoms with Gasteiger partial charge in [-0.1, -0.05) is 0 Å². The molecule has 3 nitrogen and oxygen atoms in total. The van der Waals surface area contributed by atoms with E-state index in [9.17, 15) is 4.79 Å². The number of thiophene rings is 1. The molecule has 0 spiro atoms. The maximum atomic E-state index is 11.2. The third-order valence-electron chi connectivity index (χ3n) is 2.21. The third kappa shape index (κ3) is 4.01. The Morgan fingerprint density at radius 3 is 2.87 bits per heavy atom. The van der Waals surface area contributed by atoms with Crippen molar-refractivity contribution < 1.29 is 9.53 Å². The number of esters is 1. The molecule has 0 bridgehead atoms. The highest BCUT2D eigenvalue weighted by molar-refractivity contribution is 7.07. The lowest BCUT2D eigenvalue weighted by atomic mass is 10.1. The summed E-state index contributed by atoms with van der Waals surface area (Å²) in [6.45, 7) is 3.88. The number of carbonyl (C=O) groups excluding carboxylic acids is 1. The van der Waals surface area contributed by atoms with Gasteiger partial charge in [0.15, 0.2) is 0 Å². The lowest BCUT2D eigenvalue weighted by Gasteiger charge is -2.17. The second-order valence-corrected chi connectivity index (χ2v) is 4.43. The number of hydrogen-bond acceptors (Lipinski definition) is 4. The summed E-state index contributed by atoms with van der Waals surface area (Å²) in [6, 6.07) is 2.13. The van der Waals surface area contributed by atoms with Gasteiger partial charge in [-0.05, 0) is 42.7 Å². The average Bonchev–Trinajstić information content (AvgIpc) is 2.68. The molecule has 2 atom stereocenters. The van der Waals surface area contributed by atoms with Crippen LogP contribution in [0.15, 0.2) is 16.8 Å². The minimum atomic E-state index is -0.247. The molecule has 2 unspecified atom stereocenters. The van der Waals surface area contributed by atoms with Crippen LogP contribution in [-0.4, -0.2) is 25.2 Å². The molecule has 1 heterocycles. The van der Waals surface area contributed by atoms with Gasteiger partial charge >= 0.3 is 5.97 Å². The molecule has 0 aliphatic rings. The number of methoxy groups -OCH3 is 1. The predicted octanol–water partition coefficient (Wildman–Crippen LogP) is 1.83. The lowest BCUT2D eigenvalue weighted by Crippen LogP contribution is -2.41. The second kappa shape index (κ2) is 5.88. The quantitative estimate of drug-likeness (QED) is 0.780. The van der Waals surface area contributed by atoms with Gasteiger partial charge in [0, 0.05) is 6.04 Å². The monoisotopic (exact) mass is 227 g/mol. The Hall–Kier alpha value is -0.870. The Morgan fingerprint density at radius 1 is 1.60 bits per heavy atom. The van der Waals surface area contributed by atoms with E-state index in [0.717, 1.165) is 6.42 Å². The summed E-state index contributed by atoms with van der Waals surface area (Å²) < 4.78 is 4.65. The van der Waals surface area contributed by atoms with Crippen molar-refractivity contribution in [1.29, 1.82) is 0 Å². The van der Waals surface area contributed by atoms with Crippen LogP contribution in [0.5, 0.6) is 0 Å². The zero-order valence-corrected chi connectivity index (χ0v) is 10.1. The topological polar surface area (TPSA) is 38.3 Å². The molecule has 15 heavy (non-hydrogen) atoms. The summed E-state index contributed by atoms with van der Waals surface area (Å²) in [4.78, 5) is 11.2. The molecule has 0 saturated heterocycles. The van der Waals surface area contributed by atoms with Gasteiger partial charge in [-0.3, -0.25) is 4.79 Å². The van der Waals surface area contributed by atoms with Gasteiger partial charge in [0.1, 0.15) is 6.04 Å². The van der Waals surface area contributed by atoms with Crippen LogP contribution >= 0.6 is 11.3 Å². The number of rotatable bonds is 5.